The van der Waals surface area contributed by atoms with E-state index in [9.17, 15) is 13.6 Å². The van der Waals surface area contributed by atoms with Gasteiger partial charge in [-0.25, -0.2) is 0 Å². The second-order valence-corrected chi connectivity index (χ2v) is 5.51. The average molecular weight is 371 g/mol. The smallest absolute Gasteiger partial charge is 0.387 e. The fourth-order valence-corrected chi connectivity index (χ4v) is 2.22. The van der Waals surface area contributed by atoms with Gasteiger partial charge in [0, 0.05) is 16.8 Å². The zero-order chi connectivity index (χ0) is 18.4. The van der Waals surface area contributed by atoms with E-state index in [1.54, 1.807) is 12.1 Å². The van der Waals surface area contributed by atoms with Crippen LogP contribution in [0.15, 0.2) is 36.4 Å². The maximum Gasteiger partial charge on any atom is 0.387 e. The van der Waals surface area contributed by atoms with Crippen LogP contribution in [0.1, 0.15) is 5.56 Å². The molecule has 0 radical (unpaired) electrons. The van der Waals surface area contributed by atoms with Gasteiger partial charge in [-0.1, -0.05) is 11.6 Å². The summed E-state index contributed by atoms with van der Waals surface area (Å²) in [6.45, 7) is -1.05. The van der Waals surface area contributed by atoms with Crippen LogP contribution in [0.4, 0.5) is 20.2 Å². The van der Waals surface area contributed by atoms with Crippen molar-refractivity contribution < 1.29 is 23.0 Å². The predicted octanol–water partition coefficient (Wildman–Crippen LogP) is 4.31. The van der Waals surface area contributed by atoms with Gasteiger partial charge in [-0.05, 0) is 42.8 Å². The lowest BCUT2D eigenvalue weighted by molar-refractivity contribution is -0.114. The summed E-state index contributed by atoms with van der Waals surface area (Å²) in [5, 5.41) is 6.18. The van der Waals surface area contributed by atoms with E-state index in [2.05, 4.69) is 15.4 Å². The summed E-state index contributed by atoms with van der Waals surface area (Å²) in [4.78, 5) is 12.0. The fraction of sp³-hybridized carbons (Fsp3) is 0.235. The number of aryl methyl sites for hydroxylation is 1. The molecule has 0 unspecified atom stereocenters. The van der Waals surface area contributed by atoms with E-state index >= 15 is 0 Å². The Kier molecular flexibility index (Phi) is 6.41. The molecule has 8 heteroatoms. The van der Waals surface area contributed by atoms with Crippen molar-refractivity contribution in [2.75, 3.05) is 24.3 Å². The largest absolute Gasteiger partial charge is 0.495 e. The number of halogens is 3. The Hall–Kier alpha value is -2.54. The molecule has 0 aliphatic carbocycles. The lowest BCUT2D eigenvalue weighted by Crippen LogP contribution is -2.22. The topological polar surface area (TPSA) is 59.6 Å². The third kappa shape index (κ3) is 5.49. The van der Waals surface area contributed by atoms with Gasteiger partial charge in [0.15, 0.2) is 0 Å². The first-order chi connectivity index (χ1) is 11.9. The van der Waals surface area contributed by atoms with Gasteiger partial charge in [0.25, 0.3) is 0 Å². The van der Waals surface area contributed by atoms with Crippen LogP contribution in [0, 0.1) is 6.92 Å². The number of alkyl halides is 2. The Labute approximate surface area is 148 Å². The van der Waals surface area contributed by atoms with Crippen LogP contribution < -0.4 is 20.1 Å². The molecule has 0 saturated carbocycles. The van der Waals surface area contributed by atoms with Gasteiger partial charge in [-0.2, -0.15) is 8.78 Å². The average Bonchev–Trinajstić information content (AvgIpc) is 2.57. The van der Waals surface area contributed by atoms with Crippen molar-refractivity contribution in [1.29, 1.82) is 0 Å². The zero-order valence-corrected chi connectivity index (χ0v) is 14.4. The van der Waals surface area contributed by atoms with Crippen molar-refractivity contribution in [3.05, 3.63) is 47.0 Å². The minimum atomic E-state index is -2.89. The highest BCUT2D eigenvalue weighted by atomic mass is 35.5. The van der Waals surface area contributed by atoms with E-state index in [-0.39, 0.29) is 18.2 Å². The molecule has 25 heavy (non-hydrogen) atoms. The van der Waals surface area contributed by atoms with E-state index < -0.39 is 6.61 Å². The number of hydrogen-bond acceptors (Lipinski definition) is 4. The number of carbonyl (C=O) groups excluding carboxylic acids is 1. The molecule has 2 rings (SSSR count). The molecule has 0 bridgehead atoms. The van der Waals surface area contributed by atoms with Gasteiger partial charge >= 0.3 is 6.61 Å². The quantitative estimate of drug-likeness (QED) is 0.762. The third-order valence-electron chi connectivity index (χ3n) is 3.28. The first kappa shape index (κ1) is 18.8. The standard InChI is InChI=1S/C17H17ClF2N2O3/c1-10-7-14(15(24-2)8-13(10)18)21-9-16(23)22-11-3-5-12(6-4-11)25-17(19)20/h3-8,17,21H,9H2,1-2H3,(H,22,23). The van der Waals surface area contributed by atoms with Gasteiger partial charge in [-0.3, -0.25) is 4.79 Å². The summed E-state index contributed by atoms with van der Waals surface area (Å²) in [5.41, 5.74) is 1.95. The highest BCUT2D eigenvalue weighted by molar-refractivity contribution is 6.31. The Morgan fingerprint density at radius 2 is 1.92 bits per heavy atom. The molecule has 1 amide bonds. The second-order valence-electron chi connectivity index (χ2n) is 5.11. The fourth-order valence-electron chi connectivity index (χ4n) is 2.07. The number of rotatable bonds is 7. The number of nitrogens with one attached hydrogen (secondary N) is 2. The summed E-state index contributed by atoms with van der Waals surface area (Å²) >= 11 is 6.03. The lowest BCUT2D eigenvalue weighted by atomic mass is 10.2. The van der Waals surface area contributed by atoms with Crippen molar-refractivity contribution in [3.63, 3.8) is 0 Å². The Morgan fingerprint density at radius 1 is 1.24 bits per heavy atom. The predicted molar refractivity (Wildman–Crippen MR) is 92.9 cm³/mol. The molecule has 0 aliphatic rings. The maximum absolute atomic E-state index is 12.1. The summed E-state index contributed by atoms with van der Waals surface area (Å²) < 4.78 is 33.6. The molecule has 0 heterocycles. The number of amides is 1. The van der Waals surface area contributed by atoms with E-state index in [0.29, 0.717) is 22.1 Å². The first-order valence-electron chi connectivity index (χ1n) is 7.31. The molecule has 2 aromatic rings. The zero-order valence-electron chi connectivity index (χ0n) is 13.6. The van der Waals surface area contributed by atoms with E-state index in [1.165, 1.54) is 31.4 Å². The number of anilines is 2. The van der Waals surface area contributed by atoms with Crippen molar-refractivity contribution in [1.82, 2.24) is 0 Å². The monoisotopic (exact) mass is 370 g/mol. The number of methoxy groups -OCH3 is 1. The molecule has 0 aromatic heterocycles. The third-order valence-corrected chi connectivity index (χ3v) is 3.69. The number of hydrogen-bond donors (Lipinski definition) is 2. The van der Waals surface area contributed by atoms with Crippen molar-refractivity contribution >= 4 is 28.9 Å². The van der Waals surface area contributed by atoms with E-state index in [4.69, 9.17) is 16.3 Å². The maximum atomic E-state index is 12.1. The minimum Gasteiger partial charge on any atom is -0.495 e. The van der Waals surface area contributed by atoms with Gasteiger partial charge in [0.05, 0.1) is 19.3 Å². The van der Waals surface area contributed by atoms with Crippen LogP contribution >= 0.6 is 11.6 Å². The molecular weight excluding hydrogens is 354 g/mol. The van der Waals surface area contributed by atoms with Gasteiger partial charge in [-0.15, -0.1) is 0 Å². The molecule has 2 aromatic carbocycles. The van der Waals surface area contributed by atoms with Crippen molar-refractivity contribution in [3.8, 4) is 11.5 Å². The summed E-state index contributed by atoms with van der Waals surface area (Å²) in [7, 11) is 1.51. The van der Waals surface area contributed by atoms with Gasteiger partial charge in [0.1, 0.15) is 11.5 Å². The van der Waals surface area contributed by atoms with E-state index in [1.807, 2.05) is 6.92 Å². The van der Waals surface area contributed by atoms with Crippen LogP contribution in [0.2, 0.25) is 5.02 Å². The molecule has 2 N–H and O–H groups in total. The Bertz CT molecular complexity index is 739. The SMILES string of the molecule is COc1cc(Cl)c(C)cc1NCC(=O)Nc1ccc(OC(F)F)cc1. The van der Waals surface area contributed by atoms with Crippen LogP contribution in [0.3, 0.4) is 0 Å². The molecular formula is C17H17ClF2N2O3. The lowest BCUT2D eigenvalue weighted by Gasteiger charge is -2.13. The molecule has 0 spiro atoms. The molecule has 134 valence electrons. The first-order valence-corrected chi connectivity index (χ1v) is 7.69. The molecule has 0 saturated heterocycles. The number of ether oxygens (including phenoxy) is 2. The van der Waals surface area contributed by atoms with Crippen LogP contribution in [-0.4, -0.2) is 26.2 Å². The van der Waals surface area contributed by atoms with E-state index in [0.717, 1.165) is 5.56 Å². The summed E-state index contributed by atoms with van der Waals surface area (Å²) in [6, 6.07) is 9.09. The highest BCUT2D eigenvalue weighted by Gasteiger charge is 2.09. The number of carbonyl (C=O) groups is 1. The minimum absolute atomic E-state index is 0.00722. The summed E-state index contributed by atoms with van der Waals surface area (Å²) in [5.74, 6) is 0.238. The van der Waals surface area contributed by atoms with Crippen LogP contribution in [0.5, 0.6) is 11.5 Å². The second kappa shape index (κ2) is 8.53. The molecule has 5 nitrogen and oxygen atoms in total. The van der Waals surface area contributed by atoms with Crippen LogP contribution in [0.25, 0.3) is 0 Å². The van der Waals surface area contributed by atoms with Crippen molar-refractivity contribution in [2.24, 2.45) is 0 Å². The highest BCUT2D eigenvalue weighted by Crippen LogP contribution is 2.30. The molecule has 0 fully saturated rings. The van der Waals surface area contributed by atoms with Gasteiger partial charge in [0.2, 0.25) is 5.91 Å². The van der Waals surface area contributed by atoms with Crippen molar-refractivity contribution in [2.45, 2.75) is 13.5 Å². The van der Waals surface area contributed by atoms with Gasteiger partial charge < -0.3 is 20.1 Å². The number of benzene rings is 2. The normalized spacial score (nSPS) is 10.5. The summed E-state index contributed by atoms with van der Waals surface area (Å²) in [6.07, 6.45) is 0. The molecule has 0 aliphatic heterocycles. The molecule has 0 atom stereocenters. The van der Waals surface area contributed by atoms with Crippen LogP contribution in [-0.2, 0) is 4.79 Å². The Morgan fingerprint density at radius 3 is 2.52 bits per heavy atom. The Balaban J connectivity index is 1.94.